The second-order valence-corrected chi connectivity index (χ2v) is 8.80. The molecule has 1 aromatic carbocycles. The van der Waals surface area contributed by atoms with E-state index in [0.717, 1.165) is 6.07 Å². The van der Waals surface area contributed by atoms with E-state index in [0.29, 0.717) is 16.6 Å². The Kier molecular flexibility index (Phi) is 4.00. The number of pyridine rings is 1. The molecule has 0 radical (unpaired) electrons. The van der Waals surface area contributed by atoms with E-state index >= 15 is 0 Å². The van der Waals surface area contributed by atoms with Gasteiger partial charge < -0.3 is 4.98 Å². The number of nitrogens with two attached hydrogens (primary N) is 2. The number of aromatic amines is 2. The zero-order valence-electron chi connectivity index (χ0n) is 13.9. The maximum atomic E-state index is 12.3. The van der Waals surface area contributed by atoms with Gasteiger partial charge in [0.1, 0.15) is 9.79 Å². The lowest BCUT2D eigenvalue weighted by atomic mass is 10.00. The fraction of sp³-hybridized carbons (Fsp3) is 0. The largest absolute Gasteiger partial charge is 0.360 e. The van der Waals surface area contributed by atoms with Gasteiger partial charge in [-0.25, -0.2) is 27.1 Å². The molecule has 0 fully saturated rings. The number of hydrogen-bond donors (Lipinski definition) is 4. The van der Waals surface area contributed by atoms with Crippen LogP contribution in [0.15, 0.2) is 46.5 Å². The molecule has 28 heavy (non-hydrogen) atoms. The molecule has 0 aliphatic carbocycles. The van der Waals surface area contributed by atoms with Gasteiger partial charge in [-0.1, -0.05) is 6.07 Å². The number of aromatic nitrogens is 6. The molecule has 4 rings (SSSR count). The van der Waals surface area contributed by atoms with E-state index in [1.54, 1.807) is 18.3 Å². The highest BCUT2D eigenvalue weighted by atomic mass is 32.2. The fourth-order valence-electron chi connectivity index (χ4n) is 2.88. The first-order valence-corrected chi connectivity index (χ1v) is 10.7. The van der Waals surface area contributed by atoms with Crippen LogP contribution >= 0.6 is 0 Å². The Morgan fingerprint density at radius 1 is 1.00 bits per heavy atom. The minimum Gasteiger partial charge on any atom is -0.360 e. The molecule has 6 N–H and O–H groups in total. The van der Waals surface area contributed by atoms with Crippen molar-refractivity contribution in [2.45, 2.75) is 9.79 Å². The van der Waals surface area contributed by atoms with Gasteiger partial charge in [-0.15, -0.1) is 10.2 Å². The normalized spacial score (nSPS) is 12.5. The average molecular weight is 420 g/mol. The van der Waals surface area contributed by atoms with Gasteiger partial charge >= 0.3 is 0 Å². The van der Waals surface area contributed by atoms with Crippen LogP contribution in [0.1, 0.15) is 0 Å². The van der Waals surface area contributed by atoms with Crippen LogP contribution in [-0.4, -0.2) is 47.4 Å². The van der Waals surface area contributed by atoms with Gasteiger partial charge in [-0.2, -0.15) is 5.21 Å². The van der Waals surface area contributed by atoms with Crippen LogP contribution in [0.25, 0.3) is 33.5 Å². The first-order chi connectivity index (χ1) is 13.2. The number of nitrogens with one attached hydrogen (secondary N) is 2. The van der Waals surface area contributed by atoms with E-state index < -0.39 is 29.8 Å². The van der Waals surface area contributed by atoms with Crippen LogP contribution in [0.3, 0.4) is 0 Å². The number of hydrogen-bond acceptors (Lipinski definition) is 8. The molecular formula is C14H12N8O4S2. The maximum absolute atomic E-state index is 12.3. The molecule has 3 heterocycles. The van der Waals surface area contributed by atoms with Gasteiger partial charge in [0.15, 0.2) is 0 Å². The minimum absolute atomic E-state index is 0.157. The predicted octanol–water partition coefficient (Wildman–Crippen LogP) is -0.295. The van der Waals surface area contributed by atoms with Gasteiger partial charge in [0.25, 0.3) is 0 Å². The summed E-state index contributed by atoms with van der Waals surface area (Å²) in [4.78, 5) is 5.88. The average Bonchev–Trinajstić information content (AvgIpc) is 3.29. The van der Waals surface area contributed by atoms with Crippen LogP contribution in [0.5, 0.6) is 0 Å². The van der Waals surface area contributed by atoms with Gasteiger partial charge in [0, 0.05) is 18.0 Å². The van der Waals surface area contributed by atoms with Crippen molar-refractivity contribution in [2.75, 3.05) is 0 Å². The molecule has 0 bridgehead atoms. The number of sulfonamides is 2. The van der Waals surface area contributed by atoms with Crippen molar-refractivity contribution in [1.82, 2.24) is 30.6 Å². The lowest BCUT2D eigenvalue weighted by molar-refractivity contribution is 0.584. The molecule has 0 unspecified atom stereocenters. The van der Waals surface area contributed by atoms with Gasteiger partial charge in [0.2, 0.25) is 25.9 Å². The third-order valence-electron chi connectivity index (χ3n) is 3.99. The first-order valence-electron chi connectivity index (χ1n) is 7.56. The Morgan fingerprint density at radius 3 is 2.43 bits per heavy atom. The number of rotatable bonds is 4. The lowest BCUT2D eigenvalue weighted by Gasteiger charge is -2.14. The molecule has 0 saturated carbocycles. The number of H-pyrrole nitrogens is 2. The van der Waals surface area contributed by atoms with Crippen molar-refractivity contribution in [2.24, 2.45) is 10.3 Å². The molecule has 12 nitrogen and oxygen atoms in total. The smallest absolute Gasteiger partial charge is 0.240 e. The quantitative estimate of drug-likeness (QED) is 0.344. The molecular weight excluding hydrogens is 408 g/mol. The highest BCUT2D eigenvalue weighted by Gasteiger charge is 2.30. The van der Waals surface area contributed by atoms with E-state index in [2.05, 4.69) is 30.6 Å². The van der Waals surface area contributed by atoms with E-state index in [9.17, 15) is 16.8 Å². The number of primary sulfonamides is 2. The summed E-state index contributed by atoms with van der Waals surface area (Å²) < 4.78 is 48.6. The van der Waals surface area contributed by atoms with Crippen molar-refractivity contribution in [3.63, 3.8) is 0 Å². The van der Waals surface area contributed by atoms with Crippen LogP contribution < -0.4 is 10.3 Å². The number of benzene rings is 1. The second-order valence-electron chi connectivity index (χ2n) is 5.78. The van der Waals surface area contributed by atoms with Gasteiger partial charge in [-0.05, 0) is 29.0 Å². The summed E-state index contributed by atoms with van der Waals surface area (Å²) in [6, 6.07) is 5.92. The third kappa shape index (κ3) is 3.03. The molecule has 0 amide bonds. The molecule has 0 saturated heterocycles. The van der Waals surface area contributed by atoms with Crippen LogP contribution in [0, 0.1) is 0 Å². The summed E-state index contributed by atoms with van der Waals surface area (Å²) in [6.45, 7) is 0. The van der Waals surface area contributed by atoms with Crippen LogP contribution in [-0.2, 0) is 20.0 Å². The van der Waals surface area contributed by atoms with Crippen molar-refractivity contribution in [3.05, 3.63) is 36.7 Å². The summed E-state index contributed by atoms with van der Waals surface area (Å²) in [7, 11) is -8.97. The van der Waals surface area contributed by atoms with Crippen molar-refractivity contribution >= 4 is 31.1 Å². The fourth-order valence-corrected chi connectivity index (χ4v) is 5.03. The monoisotopic (exact) mass is 420 g/mol. The molecule has 14 heteroatoms. The summed E-state index contributed by atoms with van der Waals surface area (Å²) in [6.07, 6.45) is 3.19. The second kappa shape index (κ2) is 6.16. The summed E-state index contributed by atoms with van der Waals surface area (Å²) in [5.41, 5.74) is 1.97. The maximum Gasteiger partial charge on any atom is 0.240 e. The Bertz CT molecular complexity index is 1410. The topological polar surface area (TPSA) is 203 Å². The Labute approximate surface area is 158 Å². The molecule has 4 aromatic rings. The SMILES string of the molecule is NS(=O)(=O)c1ccc(-c2cnc3cc[nH]c3c2)c(-c2nn[nH]n2)c1S(N)(=O)=O. The Hall–Kier alpha value is -3.20. The zero-order valence-corrected chi connectivity index (χ0v) is 15.5. The van der Waals surface area contributed by atoms with E-state index in [4.69, 9.17) is 10.3 Å². The Balaban J connectivity index is 2.16. The molecule has 0 aliphatic heterocycles. The summed E-state index contributed by atoms with van der Waals surface area (Å²) in [5, 5.41) is 23.7. The number of fused-ring (bicyclic) bond motifs is 1. The first kappa shape index (κ1) is 18.2. The van der Waals surface area contributed by atoms with Crippen molar-refractivity contribution < 1.29 is 16.8 Å². The van der Waals surface area contributed by atoms with E-state index in [1.165, 1.54) is 12.3 Å². The van der Waals surface area contributed by atoms with Crippen molar-refractivity contribution in [3.8, 4) is 22.5 Å². The van der Waals surface area contributed by atoms with Crippen LogP contribution in [0.2, 0.25) is 0 Å². The van der Waals surface area contributed by atoms with Crippen molar-refractivity contribution in [1.29, 1.82) is 0 Å². The van der Waals surface area contributed by atoms with Gasteiger partial charge in [0.05, 0.1) is 16.6 Å². The highest BCUT2D eigenvalue weighted by Crippen LogP contribution is 2.38. The van der Waals surface area contributed by atoms with Gasteiger partial charge in [-0.3, -0.25) is 4.98 Å². The molecule has 144 valence electrons. The standard InChI is InChI=1S/C14H12N8O4S2/c15-27(23,24)11-2-1-8(7-5-10-9(18-6-7)3-4-17-10)12(13(11)28(16,25)26)14-19-21-22-20-14/h1-6,17H,(H2,15,23,24)(H2,16,25,26)(H,19,20,21,22). The Morgan fingerprint density at radius 2 is 1.79 bits per heavy atom. The molecule has 3 aromatic heterocycles. The van der Waals surface area contributed by atoms with E-state index in [-0.39, 0.29) is 17.0 Å². The zero-order chi connectivity index (χ0) is 20.1. The highest BCUT2D eigenvalue weighted by molar-refractivity contribution is 7.92. The molecule has 0 spiro atoms. The lowest BCUT2D eigenvalue weighted by Crippen LogP contribution is -2.22. The predicted molar refractivity (Wildman–Crippen MR) is 97.4 cm³/mol. The summed E-state index contributed by atoms with van der Waals surface area (Å²) in [5.74, 6) is -0.170. The minimum atomic E-state index is -4.54. The third-order valence-corrected chi connectivity index (χ3v) is 6.07. The molecule has 0 atom stereocenters. The number of nitrogens with zero attached hydrogens (tertiary/aromatic N) is 4. The summed E-state index contributed by atoms with van der Waals surface area (Å²) >= 11 is 0. The van der Waals surface area contributed by atoms with E-state index in [1.807, 2.05) is 0 Å². The van der Waals surface area contributed by atoms with Crippen LogP contribution in [0.4, 0.5) is 0 Å². The number of tetrazole rings is 1. The molecule has 0 aliphatic rings.